The summed E-state index contributed by atoms with van der Waals surface area (Å²) in [5.74, 6) is 1.13. The van der Waals surface area contributed by atoms with Gasteiger partial charge in [-0.25, -0.2) is 0 Å². The first kappa shape index (κ1) is 10.9. The standard InChI is InChI=1S/C11H11N5O2/c12-4-9-8(5-13-15-9)11-14-10(16-18-11)7-2-1-3-17-6-7/h5,7H,1-3,6H2,(H,13,15). The molecule has 0 aliphatic carbocycles. The first-order chi connectivity index (χ1) is 8.88. The Morgan fingerprint density at radius 3 is 3.22 bits per heavy atom. The third-order valence-electron chi connectivity index (χ3n) is 2.95. The topological polar surface area (TPSA) is 101 Å². The SMILES string of the molecule is N#Cc1[nH]ncc1-c1nc(C2CCCOC2)no1. The first-order valence-electron chi connectivity index (χ1n) is 5.73. The number of nitrogens with one attached hydrogen (secondary N) is 1. The second-order valence-electron chi connectivity index (χ2n) is 4.14. The van der Waals surface area contributed by atoms with Crippen LogP contribution < -0.4 is 0 Å². The summed E-state index contributed by atoms with van der Waals surface area (Å²) in [6, 6.07) is 1.99. The Kier molecular flexibility index (Phi) is 2.78. The van der Waals surface area contributed by atoms with E-state index in [9.17, 15) is 0 Å². The van der Waals surface area contributed by atoms with Crippen LogP contribution in [0.5, 0.6) is 0 Å². The highest BCUT2D eigenvalue weighted by atomic mass is 16.5. The Bertz CT molecular complexity index is 576. The molecule has 1 fully saturated rings. The van der Waals surface area contributed by atoms with E-state index in [4.69, 9.17) is 14.5 Å². The number of nitrogens with zero attached hydrogens (tertiary/aromatic N) is 4. The number of ether oxygens (including phenoxy) is 1. The fourth-order valence-corrected chi connectivity index (χ4v) is 1.99. The maximum Gasteiger partial charge on any atom is 0.262 e. The van der Waals surface area contributed by atoms with E-state index < -0.39 is 0 Å². The van der Waals surface area contributed by atoms with Crippen LogP contribution in [0.3, 0.4) is 0 Å². The van der Waals surface area contributed by atoms with E-state index in [0.717, 1.165) is 19.4 Å². The molecule has 1 N–H and O–H groups in total. The molecule has 0 saturated carbocycles. The van der Waals surface area contributed by atoms with E-state index in [2.05, 4.69) is 20.3 Å². The molecule has 2 aromatic heterocycles. The molecule has 1 atom stereocenters. The molecule has 0 radical (unpaired) electrons. The third-order valence-corrected chi connectivity index (χ3v) is 2.95. The Morgan fingerprint density at radius 1 is 1.50 bits per heavy atom. The van der Waals surface area contributed by atoms with E-state index in [1.165, 1.54) is 6.20 Å². The van der Waals surface area contributed by atoms with Crippen molar-refractivity contribution >= 4 is 0 Å². The largest absolute Gasteiger partial charge is 0.381 e. The number of aromatic nitrogens is 4. The van der Waals surface area contributed by atoms with Crippen molar-refractivity contribution in [1.82, 2.24) is 20.3 Å². The van der Waals surface area contributed by atoms with Gasteiger partial charge in [0.05, 0.1) is 18.4 Å². The van der Waals surface area contributed by atoms with Crippen LogP contribution in [0.15, 0.2) is 10.7 Å². The number of hydrogen-bond donors (Lipinski definition) is 1. The molecule has 0 aromatic carbocycles. The van der Waals surface area contributed by atoms with Crippen LogP contribution in [0.2, 0.25) is 0 Å². The van der Waals surface area contributed by atoms with Gasteiger partial charge in [0.25, 0.3) is 5.89 Å². The fourth-order valence-electron chi connectivity index (χ4n) is 1.99. The maximum absolute atomic E-state index is 8.89. The number of H-pyrrole nitrogens is 1. The van der Waals surface area contributed by atoms with Crippen molar-refractivity contribution in [2.75, 3.05) is 13.2 Å². The second kappa shape index (κ2) is 4.58. The Balaban J connectivity index is 1.87. The smallest absolute Gasteiger partial charge is 0.262 e. The predicted octanol–water partition coefficient (Wildman–Crippen LogP) is 1.23. The van der Waals surface area contributed by atoms with Crippen molar-refractivity contribution in [1.29, 1.82) is 5.26 Å². The molecule has 7 heteroatoms. The van der Waals surface area contributed by atoms with Crippen molar-refractivity contribution in [3.05, 3.63) is 17.7 Å². The average molecular weight is 245 g/mol. The summed E-state index contributed by atoms with van der Waals surface area (Å²) >= 11 is 0. The Morgan fingerprint density at radius 2 is 2.44 bits per heavy atom. The van der Waals surface area contributed by atoms with Crippen molar-refractivity contribution < 1.29 is 9.26 Å². The quantitative estimate of drug-likeness (QED) is 0.853. The van der Waals surface area contributed by atoms with Crippen LogP contribution in [0.1, 0.15) is 30.3 Å². The molecule has 0 amide bonds. The molecular formula is C11H11N5O2. The normalized spacial score (nSPS) is 19.6. The van der Waals surface area contributed by atoms with Gasteiger partial charge in [0, 0.05) is 12.5 Å². The van der Waals surface area contributed by atoms with Gasteiger partial charge in [-0.05, 0) is 12.8 Å². The number of hydrogen-bond acceptors (Lipinski definition) is 6. The van der Waals surface area contributed by atoms with Crippen LogP contribution in [-0.4, -0.2) is 33.6 Å². The van der Waals surface area contributed by atoms with Crippen LogP contribution in [-0.2, 0) is 4.74 Å². The minimum absolute atomic E-state index is 0.175. The molecule has 1 unspecified atom stereocenters. The van der Waals surface area contributed by atoms with E-state index in [-0.39, 0.29) is 5.92 Å². The van der Waals surface area contributed by atoms with Gasteiger partial charge >= 0.3 is 0 Å². The van der Waals surface area contributed by atoms with Crippen molar-refractivity contribution in [3.63, 3.8) is 0 Å². The molecule has 1 saturated heterocycles. The van der Waals surface area contributed by atoms with Crippen LogP contribution in [0.25, 0.3) is 11.5 Å². The summed E-state index contributed by atoms with van der Waals surface area (Å²) in [6.07, 6.45) is 3.51. The average Bonchev–Trinajstić information content (AvgIpc) is 3.08. The summed E-state index contributed by atoms with van der Waals surface area (Å²) < 4.78 is 10.6. The molecule has 7 nitrogen and oxygen atoms in total. The Labute approximate surface area is 103 Å². The zero-order chi connectivity index (χ0) is 12.4. The van der Waals surface area contributed by atoms with E-state index >= 15 is 0 Å². The zero-order valence-electron chi connectivity index (χ0n) is 9.59. The lowest BCUT2D eigenvalue weighted by Gasteiger charge is -2.18. The molecule has 0 bridgehead atoms. The Hall–Kier alpha value is -2.20. The van der Waals surface area contributed by atoms with Gasteiger partial charge in [0.1, 0.15) is 11.8 Å². The van der Waals surface area contributed by atoms with Gasteiger partial charge in [-0.15, -0.1) is 0 Å². The zero-order valence-corrected chi connectivity index (χ0v) is 9.59. The lowest BCUT2D eigenvalue weighted by Crippen LogP contribution is -2.16. The summed E-state index contributed by atoms with van der Waals surface area (Å²) in [4.78, 5) is 4.32. The highest BCUT2D eigenvalue weighted by Crippen LogP contribution is 2.26. The fraction of sp³-hybridized carbons (Fsp3) is 0.455. The summed E-state index contributed by atoms with van der Waals surface area (Å²) in [5, 5.41) is 19.2. The monoisotopic (exact) mass is 245 g/mol. The molecule has 18 heavy (non-hydrogen) atoms. The molecule has 3 heterocycles. The first-order valence-corrected chi connectivity index (χ1v) is 5.73. The number of rotatable bonds is 2. The third kappa shape index (κ3) is 1.87. The van der Waals surface area contributed by atoms with Gasteiger partial charge in [0.15, 0.2) is 5.82 Å². The lowest BCUT2D eigenvalue weighted by molar-refractivity contribution is 0.0773. The molecule has 1 aliphatic rings. The van der Waals surface area contributed by atoms with Crippen molar-refractivity contribution in [2.24, 2.45) is 0 Å². The van der Waals surface area contributed by atoms with Crippen LogP contribution in [0, 0.1) is 11.3 Å². The van der Waals surface area contributed by atoms with Gasteiger partial charge in [-0.1, -0.05) is 5.16 Å². The minimum Gasteiger partial charge on any atom is -0.381 e. The minimum atomic E-state index is 0.175. The van der Waals surface area contributed by atoms with Gasteiger partial charge in [0.2, 0.25) is 0 Å². The van der Waals surface area contributed by atoms with Crippen LogP contribution >= 0.6 is 0 Å². The maximum atomic E-state index is 8.89. The predicted molar refractivity (Wildman–Crippen MR) is 59.4 cm³/mol. The molecular weight excluding hydrogens is 234 g/mol. The van der Waals surface area contributed by atoms with Crippen molar-refractivity contribution in [2.45, 2.75) is 18.8 Å². The summed E-state index contributed by atoms with van der Waals surface area (Å²) in [5.41, 5.74) is 0.859. The molecule has 2 aromatic rings. The summed E-state index contributed by atoms with van der Waals surface area (Å²) in [7, 11) is 0. The second-order valence-corrected chi connectivity index (χ2v) is 4.14. The van der Waals surface area contributed by atoms with Gasteiger partial charge < -0.3 is 9.26 Å². The van der Waals surface area contributed by atoms with E-state index in [0.29, 0.717) is 29.6 Å². The van der Waals surface area contributed by atoms with Gasteiger partial charge in [-0.3, -0.25) is 5.10 Å². The lowest BCUT2D eigenvalue weighted by atomic mass is 10.0. The molecule has 3 rings (SSSR count). The highest BCUT2D eigenvalue weighted by Gasteiger charge is 2.23. The van der Waals surface area contributed by atoms with E-state index in [1.807, 2.05) is 6.07 Å². The molecule has 0 spiro atoms. The number of aromatic amines is 1. The van der Waals surface area contributed by atoms with Gasteiger partial charge in [-0.2, -0.15) is 15.3 Å². The molecule has 92 valence electrons. The summed E-state index contributed by atoms with van der Waals surface area (Å²) in [6.45, 7) is 1.41. The van der Waals surface area contributed by atoms with Crippen LogP contribution in [0.4, 0.5) is 0 Å². The molecule has 1 aliphatic heterocycles. The number of nitriles is 1. The van der Waals surface area contributed by atoms with E-state index in [1.54, 1.807) is 0 Å². The van der Waals surface area contributed by atoms with Crippen molar-refractivity contribution in [3.8, 4) is 17.5 Å². The highest BCUT2D eigenvalue weighted by molar-refractivity contribution is 5.59.